The van der Waals surface area contributed by atoms with Crippen LogP contribution in [0.25, 0.3) is 0 Å². The topological polar surface area (TPSA) is 66.5 Å². The molecule has 0 aliphatic heterocycles. The van der Waals surface area contributed by atoms with Crippen molar-refractivity contribution in [3.63, 3.8) is 0 Å². The molecule has 0 aromatic heterocycles. The van der Waals surface area contributed by atoms with Crippen molar-refractivity contribution >= 4 is 50.5 Å². The lowest BCUT2D eigenvalue weighted by atomic mass is 10.3. The molecule has 24 heavy (non-hydrogen) atoms. The Bertz CT molecular complexity index is 875. The smallest absolute Gasteiger partial charge is 0.245 e. The van der Waals surface area contributed by atoms with E-state index in [2.05, 4.69) is 5.32 Å². The summed E-state index contributed by atoms with van der Waals surface area (Å²) in [5.41, 5.74) is 0.0606. The molecule has 0 saturated heterocycles. The number of sulfonamides is 1. The molecule has 0 fully saturated rings. The van der Waals surface area contributed by atoms with E-state index in [0.29, 0.717) is 5.02 Å². The van der Waals surface area contributed by atoms with E-state index in [1.807, 2.05) is 0 Å². The van der Waals surface area contributed by atoms with Crippen molar-refractivity contribution in [2.45, 2.75) is 0 Å². The SMILES string of the molecule is CS(=O)(=O)N(CC(=O)Nc1ccccc1F)c1ccc(Cl)cc1Cl. The Morgan fingerprint density at radius 2 is 1.88 bits per heavy atom. The molecule has 1 N–H and O–H groups in total. The van der Waals surface area contributed by atoms with Crippen LogP contribution in [-0.2, 0) is 14.8 Å². The molecule has 0 aliphatic rings. The number of nitrogens with one attached hydrogen (secondary N) is 1. The van der Waals surface area contributed by atoms with E-state index in [-0.39, 0.29) is 16.4 Å². The average molecular weight is 391 g/mol. The van der Waals surface area contributed by atoms with Crippen LogP contribution in [-0.4, -0.2) is 27.1 Å². The first-order chi connectivity index (χ1) is 11.2. The zero-order valence-electron chi connectivity index (χ0n) is 12.5. The standard InChI is InChI=1S/C15H13Cl2FN2O3S/c1-24(22,23)20(14-7-6-10(16)8-11(14)17)9-15(21)19-13-5-3-2-4-12(13)18/h2-8H,9H2,1H3,(H,19,21). The van der Waals surface area contributed by atoms with Crippen molar-refractivity contribution < 1.29 is 17.6 Å². The first-order valence-corrected chi connectivity index (χ1v) is 9.26. The molecule has 0 aliphatic carbocycles. The Morgan fingerprint density at radius 3 is 2.46 bits per heavy atom. The molecule has 0 unspecified atom stereocenters. The molecule has 0 spiro atoms. The number of benzene rings is 2. The highest BCUT2D eigenvalue weighted by atomic mass is 35.5. The Kier molecular flexibility index (Phi) is 5.69. The Morgan fingerprint density at radius 1 is 1.21 bits per heavy atom. The summed E-state index contributed by atoms with van der Waals surface area (Å²) in [6.45, 7) is -0.561. The fourth-order valence-electron chi connectivity index (χ4n) is 1.95. The summed E-state index contributed by atoms with van der Waals surface area (Å²) in [6.07, 6.45) is 0.939. The van der Waals surface area contributed by atoms with Crippen LogP contribution in [0.5, 0.6) is 0 Å². The van der Waals surface area contributed by atoms with Gasteiger partial charge in [0, 0.05) is 5.02 Å². The molecular formula is C15H13Cl2FN2O3S. The van der Waals surface area contributed by atoms with Gasteiger partial charge < -0.3 is 5.32 Å². The first-order valence-electron chi connectivity index (χ1n) is 6.65. The van der Waals surface area contributed by atoms with Gasteiger partial charge in [0.25, 0.3) is 0 Å². The normalized spacial score (nSPS) is 11.2. The van der Waals surface area contributed by atoms with E-state index in [1.165, 1.54) is 36.4 Å². The molecule has 0 bridgehead atoms. The predicted molar refractivity (Wildman–Crippen MR) is 93.7 cm³/mol. The lowest BCUT2D eigenvalue weighted by molar-refractivity contribution is -0.114. The van der Waals surface area contributed by atoms with Crippen LogP contribution in [0.3, 0.4) is 0 Å². The molecule has 0 radical (unpaired) electrons. The van der Waals surface area contributed by atoms with Gasteiger partial charge in [-0.25, -0.2) is 12.8 Å². The molecule has 1 amide bonds. The largest absolute Gasteiger partial charge is 0.322 e. The van der Waals surface area contributed by atoms with Gasteiger partial charge in [-0.05, 0) is 30.3 Å². The molecule has 9 heteroatoms. The number of amides is 1. The zero-order valence-corrected chi connectivity index (χ0v) is 14.8. The zero-order chi connectivity index (χ0) is 17.9. The van der Waals surface area contributed by atoms with Crippen molar-refractivity contribution in [3.8, 4) is 0 Å². The summed E-state index contributed by atoms with van der Waals surface area (Å²) in [5.74, 6) is -1.34. The minimum absolute atomic E-state index is 0.0434. The van der Waals surface area contributed by atoms with Crippen LogP contribution in [0.1, 0.15) is 0 Å². The van der Waals surface area contributed by atoms with Gasteiger partial charge in [0.15, 0.2) is 0 Å². The number of anilines is 2. The molecule has 2 aromatic carbocycles. The number of para-hydroxylation sites is 1. The summed E-state index contributed by atoms with van der Waals surface area (Å²) >= 11 is 11.8. The lowest BCUT2D eigenvalue weighted by Gasteiger charge is -2.23. The first kappa shape index (κ1) is 18.5. The highest BCUT2D eigenvalue weighted by Gasteiger charge is 2.23. The van der Waals surface area contributed by atoms with Crippen molar-refractivity contribution in [3.05, 3.63) is 58.3 Å². The van der Waals surface area contributed by atoms with Crippen LogP contribution in [0.2, 0.25) is 10.0 Å². The van der Waals surface area contributed by atoms with Crippen LogP contribution >= 0.6 is 23.2 Å². The van der Waals surface area contributed by atoms with Crippen molar-refractivity contribution in [1.82, 2.24) is 0 Å². The minimum atomic E-state index is -3.80. The van der Waals surface area contributed by atoms with Crippen LogP contribution < -0.4 is 9.62 Å². The monoisotopic (exact) mass is 390 g/mol. The lowest BCUT2D eigenvalue weighted by Crippen LogP contribution is -2.37. The number of rotatable bonds is 5. The average Bonchev–Trinajstić information content (AvgIpc) is 2.47. The van der Waals surface area contributed by atoms with E-state index in [9.17, 15) is 17.6 Å². The van der Waals surface area contributed by atoms with Gasteiger partial charge in [0.2, 0.25) is 15.9 Å². The number of nitrogens with zero attached hydrogens (tertiary/aromatic N) is 1. The van der Waals surface area contributed by atoms with Crippen LogP contribution in [0.4, 0.5) is 15.8 Å². The maximum absolute atomic E-state index is 13.6. The van der Waals surface area contributed by atoms with Gasteiger partial charge in [0.1, 0.15) is 12.4 Å². The van der Waals surface area contributed by atoms with E-state index >= 15 is 0 Å². The number of halogens is 3. The predicted octanol–water partition coefficient (Wildman–Crippen LogP) is 3.54. The fourth-order valence-corrected chi connectivity index (χ4v) is 3.38. The quantitative estimate of drug-likeness (QED) is 0.848. The molecule has 5 nitrogen and oxygen atoms in total. The highest BCUT2D eigenvalue weighted by molar-refractivity contribution is 7.92. The summed E-state index contributed by atoms with van der Waals surface area (Å²) < 4.78 is 38.4. The van der Waals surface area contributed by atoms with Crippen LogP contribution in [0.15, 0.2) is 42.5 Å². The summed E-state index contributed by atoms with van der Waals surface area (Å²) in [6, 6.07) is 9.78. The fraction of sp³-hybridized carbons (Fsp3) is 0.133. The van der Waals surface area contributed by atoms with Gasteiger partial charge >= 0.3 is 0 Å². The third-order valence-corrected chi connectivity index (χ3v) is 4.68. The summed E-state index contributed by atoms with van der Waals surface area (Å²) in [7, 11) is -3.80. The van der Waals surface area contributed by atoms with Gasteiger partial charge in [-0.3, -0.25) is 9.10 Å². The number of carbonyl (C=O) groups excluding carboxylic acids is 1. The molecule has 2 rings (SSSR count). The second-order valence-corrected chi connectivity index (χ2v) is 7.64. The molecule has 0 heterocycles. The van der Waals surface area contributed by atoms with E-state index < -0.39 is 28.3 Å². The Labute approximate surface area is 149 Å². The van der Waals surface area contributed by atoms with E-state index in [0.717, 1.165) is 10.6 Å². The van der Waals surface area contributed by atoms with Crippen molar-refractivity contribution in [2.24, 2.45) is 0 Å². The molecular weight excluding hydrogens is 378 g/mol. The number of carbonyl (C=O) groups is 1. The summed E-state index contributed by atoms with van der Waals surface area (Å²) in [5, 5.41) is 2.73. The Hall–Kier alpha value is -1.83. The molecule has 128 valence electrons. The third-order valence-electron chi connectivity index (χ3n) is 3.01. The Balaban J connectivity index is 2.27. The van der Waals surface area contributed by atoms with Crippen LogP contribution in [0, 0.1) is 5.82 Å². The van der Waals surface area contributed by atoms with Crippen molar-refractivity contribution in [2.75, 3.05) is 22.4 Å². The molecule has 0 saturated carbocycles. The maximum Gasteiger partial charge on any atom is 0.245 e. The number of hydrogen-bond acceptors (Lipinski definition) is 3. The molecule has 2 aromatic rings. The summed E-state index contributed by atoms with van der Waals surface area (Å²) in [4.78, 5) is 12.1. The minimum Gasteiger partial charge on any atom is -0.322 e. The maximum atomic E-state index is 13.6. The van der Waals surface area contributed by atoms with Gasteiger partial charge in [0.05, 0.1) is 22.7 Å². The third kappa shape index (κ3) is 4.59. The van der Waals surface area contributed by atoms with Crippen molar-refractivity contribution in [1.29, 1.82) is 0 Å². The highest BCUT2D eigenvalue weighted by Crippen LogP contribution is 2.30. The second kappa shape index (κ2) is 7.38. The van der Waals surface area contributed by atoms with Gasteiger partial charge in [-0.1, -0.05) is 35.3 Å². The number of hydrogen-bond donors (Lipinski definition) is 1. The molecule has 0 atom stereocenters. The van der Waals surface area contributed by atoms with E-state index in [1.54, 1.807) is 6.07 Å². The second-order valence-electron chi connectivity index (χ2n) is 4.89. The van der Waals surface area contributed by atoms with Gasteiger partial charge in [-0.15, -0.1) is 0 Å². The van der Waals surface area contributed by atoms with Gasteiger partial charge in [-0.2, -0.15) is 0 Å². The van der Waals surface area contributed by atoms with E-state index in [4.69, 9.17) is 23.2 Å².